The number of carbonyl (C=O) groups is 3. The maximum atomic E-state index is 10.4. The smallest absolute Gasteiger partial charge is 0.246 e. The summed E-state index contributed by atoms with van der Waals surface area (Å²) >= 11 is 0. The second-order valence-corrected chi connectivity index (χ2v) is 7.37. The second-order valence-electron chi connectivity index (χ2n) is 7.37. The molecule has 5 N–H and O–H groups in total. The topological polar surface area (TPSA) is 266 Å². The van der Waals surface area contributed by atoms with Gasteiger partial charge in [0.15, 0.2) is 37.0 Å². The molecule has 2 heterocycles. The molecular formula is C18H32N2O15. The molecule has 0 amide bonds. The number of carbonyl (C=O) groups excluding carboxylic acids is 3. The first-order valence-electron chi connectivity index (χ1n) is 10.1. The van der Waals surface area contributed by atoms with E-state index in [0.717, 1.165) is 6.29 Å². The van der Waals surface area contributed by atoms with Crippen molar-refractivity contribution in [3.8, 4) is 0 Å². The van der Waals surface area contributed by atoms with Gasteiger partial charge in [0, 0.05) is 22.7 Å². The molecule has 2 aliphatic rings. The summed E-state index contributed by atoms with van der Waals surface area (Å²) in [6, 6.07) is -1.28. The van der Waals surface area contributed by atoms with E-state index in [9.17, 15) is 25.0 Å². The van der Waals surface area contributed by atoms with Crippen LogP contribution in [0.3, 0.4) is 0 Å². The zero-order valence-corrected chi connectivity index (χ0v) is 19.2. The van der Waals surface area contributed by atoms with Gasteiger partial charge in [-0.2, -0.15) is 0 Å². The number of nitrogens with zero attached hydrogens (tertiary/aromatic N) is 2. The fourth-order valence-electron chi connectivity index (χ4n) is 2.39. The van der Waals surface area contributed by atoms with Crippen LogP contribution in [0.5, 0.6) is 0 Å². The average Bonchev–Trinajstić information content (AvgIpc) is 3.18. The van der Waals surface area contributed by atoms with E-state index in [4.69, 9.17) is 44.6 Å². The molecule has 17 nitrogen and oxygen atoms in total. The molecule has 0 spiro atoms. The van der Waals surface area contributed by atoms with Gasteiger partial charge in [-0.3, -0.25) is 29.8 Å². The molecule has 2 unspecified atom stereocenters. The first-order valence-corrected chi connectivity index (χ1v) is 10.1. The maximum Gasteiger partial charge on any atom is 0.246 e. The van der Waals surface area contributed by atoms with Crippen molar-refractivity contribution in [1.82, 2.24) is 0 Å². The molecule has 2 fully saturated rings. The van der Waals surface area contributed by atoms with Gasteiger partial charge in [-0.05, 0) is 13.8 Å². The van der Waals surface area contributed by atoms with E-state index >= 15 is 0 Å². The third-order valence-electron chi connectivity index (χ3n) is 4.09. The minimum Gasteiger partial charge on any atom is -0.394 e. The predicted molar refractivity (Wildman–Crippen MR) is 112 cm³/mol. The van der Waals surface area contributed by atoms with E-state index in [2.05, 4.69) is 4.74 Å². The average molecular weight is 516 g/mol. The van der Waals surface area contributed by atoms with Gasteiger partial charge in [-0.1, -0.05) is 0 Å². The molecule has 0 aliphatic carbocycles. The summed E-state index contributed by atoms with van der Waals surface area (Å²) in [6.07, 6.45) is -4.15. The van der Waals surface area contributed by atoms with Crippen LogP contribution in [-0.4, -0.2) is 123 Å². The maximum absolute atomic E-state index is 10.4. The van der Waals surface area contributed by atoms with Gasteiger partial charge in [-0.15, -0.1) is 0 Å². The summed E-state index contributed by atoms with van der Waals surface area (Å²) in [4.78, 5) is 46.5. The highest BCUT2D eigenvalue weighted by Crippen LogP contribution is 2.21. The fourth-order valence-corrected chi connectivity index (χ4v) is 2.39. The Morgan fingerprint density at radius 2 is 1.69 bits per heavy atom. The van der Waals surface area contributed by atoms with E-state index in [1.807, 2.05) is 0 Å². The second kappa shape index (κ2) is 18.8. The van der Waals surface area contributed by atoms with Crippen molar-refractivity contribution in [1.29, 1.82) is 0 Å². The number of aliphatic hydroxyl groups excluding tert-OH is 5. The molecule has 0 saturated carbocycles. The lowest BCUT2D eigenvalue weighted by Gasteiger charge is -2.31. The van der Waals surface area contributed by atoms with Crippen LogP contribution in [0.4, 0.5) is 0 Å². The highest BCUT2D eigenvalue weighted by Gasteiger charge is 2.43. The van der Waals surface area contributed by atoms with Gasteiger partial charge < -0.3 is 44.5 Å². The Labute approximate surface area is 199 Å². The van der Waals surface area contributed by atoms with Crippen LogP contribution >= 0.6 is 0 Å². The number of aliphatic hydroxyl groups is 5. The SMILES string of the molecule is CC1(C)OC[C@H](C=O)O1.O=CC=O.O=[N+]([O-])C1C[C@@H](CO)O[C@H](O)C1O.O=[N+]([O-])CC[C@H](O)CO. The van der Waals surface area contributed by atoms with Crippen molar-refractivity contribution < 1.29 is 64.0 Å². The van der Waals surface area contributed by atoms with E-state index in [1.54, 1.807) is 13.8 Å². The summed E-state index contributed by atoms with van der Waals surface area (Å²) in [5, 5.41) is 63.5. The minimum atomic E-state index is -1.60. The lowest BCUT2D eigenvalue weighted by Crippen LogP contribution is -2.52. The summed E-state index contributed by atoms with van der Waals surface area (Å²) in [5.41, 5.74) is 0. The molecule has 0 radical (unpaired) electrons. The minimum absolute atomic E-state index is 0.0174. The zero-order chi connectivity index (χ0) is 27.6. The van der Waals surface area contributed by atoms with Crippen LogP contribution in [0.25, 0.3) is 0 Å². The normalized spacial score (nSPS) is 27.2. The predicted octanol–water partition coefficient (Wildman–Crippen LogP) is -3.18. The van der Waals surface area contributed by atoms with Gasteiger partial charge >= 0.3 is 0 Å². The van der Waals surface area contributed by atoms with Crippen LogP contribution < -0.4 is 0 Å². The van der Waals surface area contributed by atoms with Gasteiger partial charge in [0.25, 0.3) is 0 Å². The Kier molecular flexibility index (Phi) is 18.6. The molecule has 204 valence electrons. The lowest BCUT2D eigenvalue weighted by molar-refractivity contribution is -0.551. The van der Waals surface area contributed by atoms with Crippen LogP contribution in [0, 0.1) is 20.2 Å². The standard InChI is InChI=1S/C6H11NO6.C6H10O3.C4H9NO4.C2H2O2/c8-2-3-1-4(7(11)12)5(9)6(10)13-3;1-6(2)8-4-5(3-7)9-6;6-3-4(7)1-2-5(8)9;3-1-2-4/h3-6,8-10H,1-2H2;3,5H,4H2,1-2H3;4,6-7H,1-3H2;1-2H/t3-,4?,5?,6-;5-;4-;/m000./s1. The first-order chi connectivity index (χ1) is 16.3. The molecule has 17 heteroatoms. The Bertz CT molecular complexity index is 641. The molecule has 2 saturated heterocycles. The molecule has 0 bridgehead atoms. The Balaban J connectivity index is 0. The van der Waals surface area contributed by atoms with Gasteiger partial charge in [0.05, 0.1) is 32.0 Å². The van der Waals surface area contributed by atoms with Crippen LogP contribution in [0.15, 0.2) is 0 Å². The third-order valence-corrected chi connectivity index (χ3v) is 4.09. The summed E-state index contributed by atoms with van der Waals surface area (Å²) in [7, 11) is 0. The number of hydrogen-bond acceptors (Lipinski definition) is 15. The van der Waals surface area contributed by atoms with E-state index in [0.29, 0.717) is 6.61 Å². The highest BCUT2D eigenvalue weighted by molar-refractivity contribution is 6.09. The highest BCUT2D eigenvalue weighted by atomic mass is 16.7. The number of ether oxygens (including phenoxy) is 3. The molecule has 0 aromatic heterocycles. The van der Waals surface area contributed by atoms with E-state index in [-0.39, 0.29) is 38.1 Å². The monoisotopic (exact) mass is 516 g/mol. The Morgan fingerprint density at radius 3 is 2.00 bits per heavy atom. The molecule has 2 aliphatic heterocycles. The largest absolute Gasteiger partial charge is 0.394 e. The summed E-state index contributed by atoms with van der Waals surface area (Å²) in [5.74, 6) is -0.564. The van der Waals surface area contributed by atoms with Gasteiger partial charge in [-0.25, -0.2) is 0 Å². The van der Waals surface area contributed by atoms with Crippen LogP contribution in [0.2, 0.25) is 0 Å². The van der Waals surface area contributed by atoms with Crippen molar-refractivity contribution in [3.63, 3.8) is 0 Å². The molecule has 2 rings (SSSR count). The number of nitro groups is 2. The number of aldehydes is 3. The van der Waals surface area contributed by atoms with E-state index in [1.165, 1.54) is 0 Å². The van der Waals surface area contributed by atoms with E-state index < -0.39 is 59.5 Å². The lowest BCUT2D eigenvalue weighted by atomic mass is 10.0. The van der Waals surface area contributed by atoms with Crippen molar-refractivity contribution in [2.45, 2.75) is 69.2 Å². The van der Waals surface area contributed by atoms with Gasteiger partial charge in [0.2, 0.25) is 12.6 Å². The summed E-state index contributed by atoms with van der Waals surface area (Å²) in [6.45, 7) is 2.85. The molecule has 35 heavy (non-hydrogen) atoms. The third kappa shape index (κ3) is 16.7. The molecule has 0 aromatic rings. The van der Waals surface area contributed by atoms with Crippen molar-refractivity contribution >= 4 is 18.9 Å². The number of hydrogen-bond donors (Lipinski definition) is 5. The quantitative estimate of drug-likeness (QED) is 0.0920. The van der Waals surface area contributed by atoms with Gasteiger partial charge in [0.1, 0.15) is 6.10 Å². The van der Waals surface area contributed by atoms with Crippen molar-refractivity contribution in [2.24, 2.45) is 0 Å². The molecular weight excluding hydrogens is 484 g/mol. The Morgan fingerprint density at radius 1 is 1.11 bits per heavy atom. The molecule has 0 aromatic carbocycles. The fraction of sp³-hybridized carbons (Fsp3) is 0.833. The van der Waals surface area contributed by atoms with Crippen LogP contribution in [-0.2, 0) is 28.6 Å². The first kappa shape index (κ1) is 34.7. The Hall–Kier alpha value is -2.51. The number of rotatable bonds is 8. The zero-order valence-electron chi connectivity index (χ0n) is 19.2. The summed E-state index contributed by atoms with van der Waals surface area (Å²) < 4.78 is 14.9. The van der Waals surface area contributed by atoms with Crippen molar-refractivity contribution in [2.75, 3.05) is 26.4 Å². The van der Waals surface area contributed by atoms with Crippen molar-refractivity contribution in [3.05, 3.63) is 20.2 Å². The van der Waals surface area contributed by atoms with Crippen LogP contribution in [0.1, 0.15) is 26.7 Å². The molecule has 6 atom stereocenters.